The Morgan fingerprint density at radius 2 is 2.05 bits per heavy atom. The zero-order valence-electron chi connectivity index (χ0n) is 12.9. The molecule has 0 radical (unpaired) electrons. The molecule has 0 saturated heterocycles. The van der Waals surface area contributed by atoms with Crippen LogP contribution in [0.3, 0.4) is 0 Å². The van der Waals surface area contributed by atoms with Crippen LogP contribution in [0.4, 0.5) is 0 Å². The molecule has 1 N–H and O–H groups in total. The van der Waals surface area contributed by atoms with E-state index in [4.69, 9.17) is 0 Å². The zero-order chi connectivity index (χ0) is 15.2. The van der Waals surface area contributed by atoms with Gasteiger partial charge in [-0.25, -0.2) is 4.68 Å². The second kappa shape index (κ2) is 7.51. The van der Waals surface area contributed by atoms with Crippen molar-refractivity contribution in [3.63, 3.8) is 0 Å². The molecule has 0 spiro atoms. The lowest BCUT2D eigenvalue weighted by Gasteiger charge is -2.08. The van der Waals surface area contributed by atoms with Gasteiger partial charge in [0.05, 0.1) is 12.3 Å². The fourth-order valence-corrected chi connectivity index (χ4v) is 2.60. The van der Waals surface area contributed by atoms with Gasteiger partial charge in [-0.05, 0) is 29.8 Å². The normalized spacial score (nSPS) is 11.5. The average molecular weight is 310 g/mol. The summed E-state index contributed by atoms with van der Waals surface area (Å²) in [7, 11) is 1.96. The highest BCUT2D eigenvalue weighted by molar-refractivity contribution is 7.98. The Bertz CT molecular complexity index is 561. The van der Waals surface area contributed by atoms with Crippen LogP contribution >= 0.6 is 11.8 Å². The van der Waals surface area contributed by atoms with E-state index in [-0.39, 0.29) is 0 Å². The Labute approximate surface area is 128 Å². The molecule has 0 fully saturated rings. The van der Waals surface area contributed by atoms with Gasteiger partial charge in [-0.3, -0.25) is 0 Å². The molecule has 8 nitrogen and oxygen atoms in total. The smallest absolute Gasteiger partial charge is 0.209 e. The number of hydrogen-bond acceptors (Lipinski definition) is 7. The van der Waals surface area contributed by atoms with Crippen LogP contribution in [0.25, 0.3) is 0 Å². The first-order chi connectivity index (χ1) is 10.1. The maximum atomic E-state index is 4.14. The Hall–Kier alpha value is -1.48. The summed E-state index contributed by atoms with van der Waals surface area (Å²) in [4.78, 5) is 0. The molecule has 21 heavy (non-hydrogen) atoms. The first kappa shape index (κ1) is 15.9. The van der Waals surface area contributed by atoms with E-state index in [1.165, 1.54) is 0 Å². The fraction of sp³-hybridized carbons (Fsp3) is 0.750. The van der Waals surface area contributed by atoms with Crippen LogP contribution < -0.4 is 5.32 Å². The van der Waals surface area contributed by atoms with Crippen molar-refractivity contribution >= 4 is 11.8 Å². The first-order valence-electron chi connectivity index (χ1n) is 7.02. The molecule has 0 atom stereocenters. The number of rotatable bonds is 8. The molecule has 0 aliphatic heterocycles. The lowest BCUT2D eigenvalue weighted by Crippen LogP contribution is -2.24. The second-order valence-corrected chi connectivity index (χ2v) is 6.24. The summed E-state index contributed by atoms with van der Waals surface area (Å²) in [6.07, 6.45) is 0. The van der Waals surface area contributed by atoms with Crippen molar-refractivity contribution in [1.29, 1.82) is 0 Å². The van der Waals surface area contributed by atoms with Gasteiger partial charge in [0.2, 0.25) is 5.16 Å². The highest BCUT2D eigenvalue weighted by Gasteiger charge is 2.10. The van der Waals surface area contributed by atoms with Gasteiger partial charge < -0.3 is 9.88 Å². The molecule has 9 heteroatoms. The summed E-state index contributed by atoms with van der Waals surface area (Å²) in [5, 5.41) is 24.2. The topological polar surface area (TPSA) is 86.3 Å². The van der Waals surface area contributed by atoms with Gasteiger partial charge >= 0.3 is 0 Å². The Balaban J connectivity index is 1.84. The Morgan fingerprint density at radius 1 is 1.24 bits per heavy atom. The number of hydrogen-bond donors (Lipinski definition) is 1. The summed E-state index contributed by atoms with van der Waals surface area (Å²) >= 11 is 1.57. The molecule has 0 aromatic carbocycles. The molecule has 0 unspecified atom stereocenters. The van der Waals surface area contributed by atoms with Crippen molar-refractivity contribution in [2.45, 2.75) is 38.2 Å². The number of aryl methyl sites for hydroxylation is 1. The molecule has 2 aromatic heterocycles. The van der Waals surface area contributed by atoms with Gasteiger partial charge in [0.1, 0.15) is 11.6 Å². The van der Waals surface area contributed by atoms with Gasteiger partial charge in [-0.15, -0.1) is 15.3 Å². The van der Waals surface area contributed by atoms with Crippen molar-refractivity contribution in [2.24, 2.45) is 13.0 Å². The quantitative estimate of drug-likeness (QED) is 0.566. The zero-order valence-corrected chi connectivity index (χ0v) is 13.8. The van der Waals surface area contributed by atoms with Crippen LogP contribution in [0.2, 0.25) is 0 Å². The maximum absolute atomic E-state index is 4.14. The van der Waals surface area contributed by atoms with Crippen LogP contribution in [0.15, 0.2) is 5.16 Å². The van der Waals surface area contributed by atoms with Crippen LogP contribution in [0, 0.1) is 12.8 Å². The van der Waals surface area contributed by atoms with Gasteiger partial charge in [0.15, 0.2) is 0 Å². The van der Waals surface area contributed by atoms with E-state index in [9.17, 15) is 0 Å². The van der Waals surface area contributed by atoms with Gasteiger partial charge in [0.25, 0.3) is 0 Å². The first-order valence-corrected chi connectivity index (χ1v) is 8.01. The minimum Gasteiger partial charge on any atom is -0.318 e. The van der Waals surface area contributed by atoms with Crippen molar-refractivity contribution in [1.82, 2.24) is 40.3 Å². The predicted molar refractivity (Wildman–Crippen MR) is 80.8 cm³/mol. The van der Waals surface area contributed by atoms with Crippen LogP contribution in [0.1, 0.15) is 25.5 Å². The fourth-order valence-electron chi connectivity index (χ4n) is 1.72. The summed E-state index contributed by atoms with van der Waals surface area (Å²) in [6, 6.07) is 0. The van der Waals surface area contributed by atoms with E-state index in [0.29, 0.717) is 11.7 Å². The highest BCUT2D eigenvalue weighted by Crippen LogP contribution is 2.18. The summed E-state index contributed by atoms with van der Waals surface area (Å²) < 4.78 is 3.80. The molecule has 0 bridgehead atoms. The third-order valence-electron chi connectivity index (χ3n) is 3.07. The SMILES string of the molecule is Cc1nnc(CSc2nnnn2CCNCC(C)C)n1C. The van der Waals surface area contributed by atoms with Crippen molar-refractivity contribution in [3.8, 4) is 0 Å². The van der Waals surface area contributed by atoms with E-state index in [1.54, 1.807) is 11.8 Å². The number of nitrogens with one attached hydrogen (secondary N) is 1. The summed E-state index contributed by atoms with van der Waals surface area (Å²) in [5.41, 5.74) is 0. The molecular formula is C12H22N8S. The van der Waals surface area contributed by atoms with Crippen molar-refractivity contribution in [3.05, 3.63) is 11.6 Å². The number of thioether (sulfide) groups is 1. The minimum atomic E-state index is 0.645. The molecule has 2 rings (SSSR count). The summed E-state index contributed by atoms with van der Waals surface area (Å²) in [6.45, 7) is 8.94. The van der Waals surface area contributed by atoms with Gasteiger partial charge in [-0.1, -0.05) is 25.6 Å². The molecule has 2 heterocycles. The molecule has 0 saturated carbocycles. The van der Waals surface area contributed by atoms with E-state index in [0.717, 1.165) is 36.4 Å². The monoisotopic (exact) mass is 310 g/mol. The lowest BCUT2D eigenvalue weighted by molar-refractivity contribution is 0.482. The molecule has 0 amide bonds. The average Bonchev–Trinajstić information content (AvgIpc) is 3.01. The van der Waals surface area contributed by atoms with Gasteiger partial charge in [0, 0.05) is 13.6 Å². The number of aromatic nitrogens is 7. The van der Waals surface area contributed by atoms with Crippen LogP contribution in [-0.4, -0.2) is 48.1 Å². The third kappa shape index (κ3) is 4.50. The maximum Gasteiger partial charge on any atom is 0.209 e. The Morgan fingerprint density at radius 3 is 2.71 bits per heavy atom. The lowest BCUT2D eigenvalue weighted by atomic mass is 10.2. The highest BCUT2D eigenvalue weighted by atomic mass is 32.2. The van der Waals surface area contributed by atoms with Crippen LogP contribution in [-0.2, 0) is 19.3 Å². The van der Waals surface area contributed by atoms with Crippen molar-refractivity contribution < 1.29 is 0 Å². The summed E-state index contributed by atoms with van der Waals surface area (Å²) in [5.74, 6) is 3.18. The van der Waals surface area contributed by atoms with Crippen LogP contribution in [0.5, 0.6) is 0 Å². The van der Waals surface area contributed by atoms with E-state index < -0.39 is 0 Å². The third-order valence-corrected chi connectivity index (χ3v) is 4.02. The Kier molecular flexibility index (Phi) is 5.68. The van der Waals surface area contributed by atoms with Crippen molar-refractivity contribution in [2.75, 3.05) is 13.1 Å². The molecule has 2 aromatic rings. The van der Waals surface area contributed by atoms with E-state index in [2.05, 4.69) is 44.9 Å². The van der Waals surface area contributed by atoms with Gasteiger partial charge in [-0.2, -0.15) is 0 Å². The standard InChI is InChI=1S/C12H22N8S/c1-9(2)7-13-5-6-20-12(16-17-18-20)21-8-11-15-14-10(3)19(11)4/h9,13H,5-8H2,1-4H3. The number of tetrazole rings is 1. The largest absolute Gasteiger partial charge is 0.318 e. The second-order valence-electron chi connectivity index (χ2n) is 5.29. The molecule has 116 valence electrons. The molecule has 0 aliphatic carbocycles. The minimum absolute atomic E-state index is 0.645. The van der Waals surface area contributed by atoms with E-state index in [1.807, 2.05) is 23.2 Å². The molecular weight excluding hydrogens is 288 g/mol. The van der Waals surface area contributed by atoms with E-state index >= 15 is 0 Å². The number of nitrogens with zero attached hydrogens (tertiary/aromatic N) is 7. The molecule has 0 aliphatic rings. The predicted octanol–water partition coefficient (Wildman–Crippen LogP) is 0.648.